The fourth-order valence-corrected chi connectivity index (χ4v) is 3.42. The molecule has 114 valence electrons. The molecule has 1 aromatic rings. The topological polar surface area (TPSA) is 23.6 Å². The van der Waals surface area contributed by atoms with Crippen LogP contribution in [-0.4, -0.2) is 46.1 Å². The van der Waals surface area contributed by atoms with Gasteiger partial charge in [-0.3, -0.25) is 0 Å². The van der Waals surface area contributed by atoms with Crippen molar-refractivity contribution < 1.29 is 4.21 Å². The molecular weight excluding hydrogens is 292 g/mol. The van der Waals surface area contributed by atoms with E-state index in [4.69, 9.17) is 11.6 Å². The van der Waals surface area contributed by atoms with E-state index < -0.39 is 11.0 Å². The summed E-state index contributed by atoms with van der Waals surface area (Å²) in [4.78, 5) is 3.26. The Morgan fingerprint density at radius 3 is 2.15 bits per heavy atom. The summed E-state index contributed by atoms with van der Waals surface area (Å²) in [5.74, 6) is 0. The minimum atomic E-state index is -1.05. The van der Waals surface area contributed by atoms with E-state index >= 15 is 0 Å². The van der Waals surface area contributed by atoms with Gasteiger partial charge in [0.1, 0.15) is 11.0 Å². The molecule has 1 aliphatic heterocycles. The molecule has 0 saturated carbocycles. The zero-order chi connectivity index (χ0) is 15.0. The maximum atomic E-state index is 12.4. The van der Waals surface area contributed by atoms with Crippen LogP contribution in [0.15, 0.2) is 29.2 Å². The molecule has 1 heterocycles. The molecule has 3 nitrogen and oxygen atoms in total. The average Bonchev–Trinajstić information content (AvgIpc) is 2.50. The molecule has 0 aromatic heterocycles. The standard InChI is InChI=1S/C13H19ClN2OS.C2H6/c1-2-7-15-8-10-16(11-9-15)18(17)13-5-3-12(14)4-6-13;1-2/h3-6H,2,7-11H2,1H3;1-2H3. The Hall–Kier alpha value is -0.420. The van der Waals surface area contributed by atoms with Crippen molar-refractivity contribution in [3.63, 3.8) is 0 Å². The third-order valence-corrected chi connectivity index (χ3v) is 4.88. The highest BCUT2D eigenvalue weighted by atomic mass is 35.5. The predicted octanol–water partition coefficient (Wildman–Crippen LogP) is 3.42. The molecule has 1 fully saturated rings. The number of halogens is 1. The second-order valence-corrected chi connectivity index (χ2v) is 6.40. The van der Waals surface area contributed by atoms with E-state index in [1.807, 2.05) is 30.3 Å². The lowest BCUT2D eigenvalue weighted by Gasteiger charge is -2.33. The summed E-state index contributed by atoms with van der Waals surface area (Å²) in [6, 6.07) is 7.28. The van der Waals surface area contributed by atoms with Gasteiger partial charge < -0.3 is 4.90 Å². The van der Waals surface area contributed by atoms with E-state index in [1.54, 1.807) is 12.1 Å². The zero-order valence-corrected chi connectivity index (χ0v) is 14.2. The Balaban J connectivity index is 0.000000956. The van der Waals surface area contributed by atoms with Gasteiger partial charge in [-0.2, -0.15) is 0 Å². The number of piperazine rings is 1. The van der Waals surface area contributed by atoms with Crippen LogP contribution in [0.3, 0.4) is 0 Å². The Kier molecular flexibility index (Phi) is 8.38. The van der Waals surface area contributed by atoms with Gasteiger partial charge >= 0.3 is 0 Å². The van der Waals surface area contributed by atoms with Crippen molar-refractivity contribution in [2.24, 2.45) is 0 Å². The summed E-state index contributed by atoms with van der Waals surface area (Å²) in [5.41, 5.74) is 0. The van der Waals surface area contributed by atoms with Crippen LogP contribution >= 0.6 is 11.6 Å². The lowest BCUT2D eigenvalue weighted by Crippen LogP contribution is -2.46. The van der Waals surface area contributed by atoms with Crippen LogP contribution in [0.2, 0.25) is 5.02 Å². The van der Waals surface area contributed by atoms with Crippen molar-refractivity contribution in [2.75, 3.05) is 32.7 Å². The molecule has 1 atom stereocenters. The lowest BCUT2D eigenvalue weighted by molar-refractivity contribution is 0.193. The van der Waals surface area contributed by atoms with Gasteiger partial charge in [0, 0.05) is 31.2 Å². The second-order valence-electron chi connectivity index (χ2n) is 4.47. The van der Waals surface area contributed by atoms with Gasteiger partial charge in [-0.1, -0.05) is 32.4 Å². The van der Waals surface area contributed by atoms with Crippen molar-refractivity contribution in [1.82, 2.24) is 9.21 Å². The van der Waals surface area contributed by atoms with Crippen molar-refractivity contribution >= 4 is 22.6 Å². The fourth-order valence-electron chi connectivity index (χ4n) is 2.14. The first kappa shape index (κ1) is 17.6. The molecule has 0 aliphatic carbocycles. The average molecular weight is 317 g/mol. The van der Waals surface area contributed by atoms with Gasteiger partial charge in [-0.25, -0.2) is 8.51 Å². The van der Waals surface area contributed by atoms with E-state index in [9.17, 15) is 4.21 Å². The van der Waals surface area contributed by atoms with Gasteiger partial charge in [0.05, 0.1) is 4.90 Å². The SMILES string of the molecule is CC.CCCN1CCN(S(=O)c2ccc(Cl)cc2)CC1. The first-order valence-electron chi connectivity index (χ1n) is 7.35. The van der Waals surface area contributed by atoms with Gasteiger partial charge in [-0.05, 0) is 37.2 Å². The van der Waals surface area contributed by atoms with E-state index in [1.165, 1.54) is 6.42 Å². The Morgan fingerprint density at radius 2 is 1.65 bits per heavy atom. The summed E-state index contributed by atoms with van der Waals surface area (Å²) < 4.78 is 14.4. The van der Waals surface area contributed by atoms with E-state index in [-0.39, 0.29) is 0 Å². The highest BCUT2D eigenvalue weighted by Gasteiger charge is 2.21. The summed E-state index contributed by atoms with van der Waals surface area (Å²) in [5, 5.41) is 0.684. The van der Waals surface area contributed by atoms with Crippen LogP contribution in [0, 0.1) is 0 Å². The summed E-state index contributed by atoms with van der Waals surface area (Å²) in [6.45, 7) is 11.1. The maximum Gasteiger partial charge on any atom is 0.127 e. The smallest absolute Gasteiger partial charge is 0.127 e. The van der Waals surface area contributed by atoms with Crippen molar-refractivity contribution in [3.05, 3.63) is 29.3 Å². The number of hydrogen-bond donors (Lipinski definition) is 0. The minimum absolute atomic E-state index is 0.684. The Labute approximate surface area is 130 Å². The van der Waals surface area contributed by atoms with Crippen molar-refractivity contribution in [2.45, 2.75) is 32.1 Å². The van der Waals surface area contributed by atoms with Crippen molar-refractivity contribution in [1.29, 1.82) is 0 Å². The highest BCUT2D eigenvalue weighted by Crippen LogP contribution is 2.16. The summed E-state index contributed by atoms with van der Waals surface area (Å²) >= 11 is 5.84. The molecule has 1 aromatic carbocycles. The molecule has 5 heteroatoms. The van der Waals surface area contributed by atoms with Crippen LogP contribution in [-0.2, 0) is 11.0 Å². The predicted molar refractivity (Wildman–Crippen MR) is 87.5 cm³/mol. The van der Waals surface area contributed by atoms with E-state index in [2.05, 4.69) is 11.8 Å². The van der Waals surface area contributed by atoms with Gasteiger partial charge in [0.25, 0.3) is 0 Å². The van der Waals surface area contributed by atoms with E-state index in [0.29, 0.717) is 5.02 Å². The first-order valence-corrected chi connectivity index (χ1v) is 8.84. The highest BCUT2D eigenvalue weighted by molar-refractivity contribution is 7.82. The number of nitrogens with zero attached hydrogens (tertiary/aromatic N) is 2. The molecule has 20 heavy (non-hydrogen) atoms. The quantitative estimate of drug-likeness (QED) is 0.850. The fraction of sp³-hybridized carbons (Fsp3) is 0.600. The van der Waals surface area contributed by atoms with Gasteiger partial charge in [-0.15, -0.1) is 0 Å². The number of hydrogen-bond acceptors (Lipinski definition) is 2. The van der Waals surface area contributed by atoms with Gasteiger partial charge in [0.15, 0.2) is 0 Å². The largest absolute Gasteiger partial charge is 0.301 e. The van der Waals surface area contributed by atoms with Crippen LogP contribution in [0.25, 0.3) is 0 Å². The van der Waals surface area contributed by atoms with Crippen LogP contribution in [0.1, 0.15) is 27.2 Å². The van der Waals surface area contributed by atoms with Crippen LogP contribution < -0.4 is 0 Å². The molecular formula is C15H25ClN2OS. The van der Waals surface area contributed by atoms with Crippen LogP contribution in [0.4, 0.5) is 0 Å². The molecule has 0 amide bonds. The Bertz CT molecular complexity index is 403. The lowest BCUT2D eigenvalue weighted by atomic mass is 10.3. The summed E-state index contributed by atoms with van der Waals surface area (Å²) in [7, 11) is -1.05. The van der Waals surface area contributed by atoms with Crippen molar-refractivity contribution in [3.8, 4) is 0 Å². The number of rotatable bonds is 4. The van der Waals surface area contributed by atoms with Gasteiger partial charge in [0.2, 0.25) is 0 Å². The maximum absolute atomic E-state index is 12.4. The second kappa shape index (κ2) is 9.50. The molecule has 0 radical (unpaired) electrons. The minimum Gasteiger partial charge on any atom is -0.301 e. The molecule has 0 bridgehead atoms. The van der Waals surface area contributed by atoms with Crippen LogP contribution in [0.5, 0.6) is 0 Å². The Morgan fingerprint density at radius 1 is 1.10 bits per heavy atom. The molecule has 1 unspecified atom stereocenters. The number of benzene rings is 1. The normalized spacial score (nSPS) is 18.2. The van der Waals surface area contributed by atoms with E-state index in [0.717, 1.165) is 37.6 Å². The molecule has 2 rings (SSSR count). The first-order chi connectivity index (χ1) is 9.70. The molecule has 1 aliphatic rings. The summed E-state index contributed by atoms with van der Waals surface area (Å²) in [6.07, 6.45) is 1.18. The third kappa shape index (κ3) is 5.17. The molecule has 1 saturated heterocycles. The zero-order valence-electron chi connectivity index (χ0n) is 12.6. The molecule has 0 N–H and O–H groups in total. The third-order valence-electron chi connectivity index (χ3n) is 3.12. The molecule has 0 spiro atoms. The monoisotopic (exact) mass is 316 g/mol.